The van der Waals surface area contributed by atoms with Gasteiger partial charge in [-0.15, -0.1) is 0 Å². The van der Waals surface area contributed by atoms with Gasteiger partial charge in [-0.2, -0.15) is 5.26 Å². The topological polar surface area (TPSA) is 83.0 Å². The van der Waals surface area contributed by atoms with E-state index in [-0.39, 0.29) is 11.1 Å². The molecule has 0 amide bonds. The number of hydrogen-bond donors (Lipinski definition) is 1. The quantitative estimate of drug-likeness (QED) is 0.864. The Balaban J connectivity index is 2.14. The highest BCUT2D eigenvalue weighted by Gasteiger charge is 2.21. The summed E-state index contributed by atoms with van der Waals surface area (Å²) in [4.78, 5) is 26.5. The van der Waals surface area contributed by atoms with Gasteiger partial charge in [-0.3, -0.25) is 4.79 Å². The number of carbonyl (C=O) groups is 1. The van der Waals surface area contributed by atoms with Crippen molar-refractivity contribution in [2.45, 2.75) is 25.7 Å². The third kappa shape index (κ3) is 2.64. The van der Waals surface area contributed by atoms with Crippen LogP contribution in [0.1, 0.15) is 39.9 Å². The van der Waals surface area contributed by atoms with Crippen LogP contribution in [0.15, 0.2) is 29.1 Å². The summed E-state index contributed by atoms with van der Waals surface area (Å²) in [7, 11) is 1.34. The van der Waals surface area contributed by atoms with Crippen LogP contribution in [0.4, 0.5) is 0 Å². The van der Waals surface area contributed by atoms with Gasteiger partial charge in [-0.05, 0) is 54.5 Å². The Morgan fingerprint density at radius 1 is 1.17 bits per heavy atom. The molecule has 0 radical (unpaired) electrons. The van der Waals surface area contributed by atoms with E-state index in [9.17, 15) is 14.9 Å². The average molecular weight is 308 g/mol. The van der Waals surface area contributed by atoms with E-state index in [1.54, 1.807) is 24.3 Å². The molecule has 0 fully saturated rings. The van der Waals surface area contributed by atoms with Crippen molar-refractivity contribution < 1.29 is 9.53 Å². The van der Waals surface area contributed by atoms with Crippen LogP contribution in [-0.2, 0) is 17.6 Å². The minimum Gasteiger partial charge on any atom is -0.465 e. The number of fused-ring (bicyclic) bond motifs is 1. The number of carbonyl (C=O) groups excluding carboxylic acids is 1. The molecule has 0 aliphatic heterocycles. The van der Waals surface area contributed by atoms with E-state index in [0.29, 0.717) is 5.56 Å². The number of aromatic amines is 1. The van der Waals surface area contributed by atoms with E-state index >= 15 is 0 Å². The standard InChI is InChI=1S/C18H16N2O3/c1-23-18(22)12-8-6-11(7-9-12)16-14-5-3-2-4-13(14)15(10-19)17(21)20-16/h6-9H,2-5H2,1H3,(H,20,21). The van der Waals surface area contributed by atoms with Gasteiger partial charge >= 0.3 is 5.97 Å². The molecule has 3 rings (SSSR count). The van der Waals surface area contributed by atoms with Crippen molar-refractivity contribution in [1.82, 2.24) is 4.98 Å². The van der Waals surface area contributed by atoms with Crippen LogP contribution in [0.2, 0.25) is 0 Å². The maximum atomic E-state index is 12.2. The molecule has 5 heteroatoms. The second kappa shape index (κ2) is 6.09. The number of ether oxygens (including phenoxy) is 1. The fraction of sp³-hybridized carbons (Fsp3) is 0.278. The Hall–Kier alpha value is -2.87. The molecule has 1 aliphatic rings. The van der Waals surface area contributed by atoms with Gasteiger partial charge in [0.25, 0.3) is 5.56 Å². The number of esters is 1. The summed E-state index contributed by atoms with van der Waals surface area (Å²) in [6.45, 7) is 0. The van der Waals surface area contributed by atoms with E-state index in [1.165, 1.54) is 7.11 Å². The Morgan fingerprint density at radius 3 is 2.43 bits per heavy atom. The summed E-state index contributed by atoms with van der Waals surface area (Å²) in [5.41, 5.74) is 3.83. The highest BCUT2D eigenvalue weighted by Crippen LogP contribution is 2.30. The second-order valence-corrected chi connectivity index (χ2v) is 5.55. The average Bonchev–Trinajstić information content (AvgIpc) is 2.60. The molecule has 0 bridgehead atoms. The number of nitrogens with one attached hydrogen (secondary N) is 1. The zero-order valence-corrected chi connectivity index (χ0v) is 12.8. The number of nitriles is 1. The fourth-order valence-electron chi connectivity index (χ4n) is 3.10. The van der Waals surface area contributed by atoms with E-state index < -0.39 is 5.97 Å². The summed E-state index contributed by atoms with van der Waals surface area (Å²) < 4.78 is 4.69. The van der Waals surface area contributed by atoms with Crippen LogP contribution in [0, 0.1) is 11.3 Å². The Labute approximate surface area is 133 Å². The number of nitrogens with zero attached hydrogens (tertiary/aromatic N) is 1. The molecule has 0 unspecified atom stereocenters. The summed E-state index contributed by atoms with van der Waals surface area (Å²) in [5.74, 6) is -0.396. The molecular weight excluding hydrogens is 292 g/mol. The molecule has 1 N–H and O–H groups in total. The lowest BCUT2D eigenvalue weighted by atomic mass is 9.86. The van der Waals surface area contributed by atoms with Gasteiger partial charge in [0, 0.05) is 0 Å². The van der Waals surface area contributed by atoms with Gasteiger partial charge in [-0.25, -0.2) is 4.79 Å². The number of aromatic nitrogens is 1. The summed E-state index contributed by atoms with van der Waals surface area (Å²) >= 11 is 0. The van der Waals surface area contributed by atoms with Crippen molar-refractivity contribution in [3.8, 4) is 17.3 Å². The molecule has 5 nitrogen and oxygen atoms in total. The highest BCUT2D eigenvalue weighted by molar-refractivity contribution is 5.90. The van der Waals surface area contributed by atoms with Crippen LogP contribution < -0.4 is 5.56 Å². The molecule has 23 heavy (non-hydrogen) atoms. The first kappa shape index (κ1) is 15.0. The van der Waals surface area contributed by atoms with Crippen LogP contribution in [0.25, 0.3) is 11.3 Å². The lowest BCUT2D eigenvalue weighted by Gasteiger charge is -2.20. The molecule has 0 spiro atoms. The first-order valence-corrected chi connectivity index (χ1v) is 7.52. The van der Waals surface area contributed by atoms with Gasteiger partial charge in [0.1, 0.15) is 11.6 Å². The van der Waals surface area contributed by atoms with Crippen LogP contribution >= 0.6 is 0 Å². The Morgan fingerprint density at radius 2 is 1.83 bits per heavy atom. The first-order chi connectivity index (χ1) is 11.2. The Kier molecular flexibility index (Phi) is 3.98. The molecule has 1 aliphatic carbocycles. The molecule has 2 aromatic rings. The molecule has 0 atom stereocenters. The van der Waals surface area contributed by atoms with E-state index in [4.69, 9.17) is 0 Å². The fourth-order valence-corrected chi connectivity index (χ4v) is 3.10. The third-order valence-corrected chi connectivity index (χ3v) is 4.24. The molecule has 0 saturated carbocycles. The predicted molar refractivity (Wildman–Crippen MR) is 85.2 cm³/mol. The van der Waals surface area contributed by atoms with Crippen LogP contribution in [0.3, 0.4) is 0 Å². The predicted octanol–water partition coefficient (Wildman–Crippen LogP) is 2.58. The van der Waals surface area contributed by atoms with Crippen molar-refractivity contribution in [1.29, 1.82) is 5.26 Å². The number of H-pyrrole nitrogens is 1. The lowest BCUT2D eigenvalue weighted by Crippen LogP contribution is -2.20. The van der Waals surface area contributed by atoms with Crippen LogP contribution in [0.5, 0.6) is 0 Å². The lowest BCUT2D eigenvalue weighted by molar-refractivity contribution is 0.0601. The van der Waals surface area contributed by atoms with Gasteiger partial charge in [0.2, 0.25) is 0 Å². The molecule has 1 aromatic heterocycles. The summed E-state index contributed by atoms with van der Waals surface area (Å²) in [6.07, 6.45) is 3.63. The van der Waals surface area contributed by atoms with Gasteiger partial charge < -0.3 is 9.72 Å². The van der Waals surface area contributed by atoms with Crippen LogP contribution in [-0.4, -0.2) is 18.1 Å². The number of pyridine rings is 1. The van der Waals surface area contributed by atoms with Crippen molar-refractivity contribution in [3.63, 3.8) is 0 Å². The number of rotatable bonds is 2. The van der Waals surface area contributed by atoms with Crippen molar-refractivity contribution in [2.75, 3.05) is 7.11 Å². The van der Waals surface area contributed by atoms with Crippen molar-refractivity contribution >= 4 is 5.97 Å². The minimum absolute atomic E-state index is 0.231. The maximum absolute atomic E-state index is 12.2. The van der Waals surface area contributed by atoms with Gasteiger partial charge in [-0.1, -0.05) is 12.1 Å². The summed E-state index contributed by atoms with van der Waals surface area (Å²) in [6, 6.07) is 8.96. The summed E-state index contributed by atoms with van der Waals surface area (Å²) in [5, 5.41) is 9.24. The third-order valence-electron chi connectivity index (χ3n) is 4.24. The molecule has 0 saturated heterocycles. The van der Waals surface area contributed by atoms with Crippen molar-refractivity contribution in [2.24, 2.45) is 0 Å². The zero-order chi connectivity index (χ0) is 16.4. The van der Waals surface area contributed by atoms with E-state index in [1.807, 2.05) is 6.07 Å². The van der Waals surface area contributed by atoms with E-state index in [0.717, 1.165) is 48.1 Å². The number of benzene rings is 1. The minimum atomic E-state index is -0.396. The van der Waals surface area contributed by atoms with Crippen molar-refractivity contribution in [3.05, 3.63) is 56.9 Å². The second-order valence-electron chi connectivity index (χ2n) is 5.55. The zero-order valence-electron chi connectivity index (χ0n) is 12.8. The molecular formula is C18H16N2O3. The normalized spacial score (nSPS) is 13.0. The monoisotopic (exact) mass is 308 g/mol. The van der Waals surface area contributed by atoms with Gasteiger partial charge in [0.15, 0.2) is 0 Å². The van der Waals surface area contributed by atoms with E-state index in [2.05, 4.69) is 9.72 Å². The smallest absolute Gasteiger partial charge is 0.337 e. The maximum Gasteiger partial charge on any atom is 0.337 e. The number of methoxy groups -OCH3 is 1. The molecule has 116 valence electrons. The molecule has 1 heterocycles. The SMILES string of the molecule is COC(=O)c1ccc(-c2[nH]c(=O)c(C#N)c3c2CCCC3)cc1. The highest BCUT2D eigenvalue weighted by atomic mass is 16.5. The Bertz CT molecular complexity index is 858. The first-order valence-electron chi connectivity index (χ1n) is 7.52. The van der Waals surface area contributed by atoms with Gasteiger partial charge in [0.05, 0.1) is 18.4 Å². The molecule has 1 aromatic carbocycles. The largest absolute Gasteiger partial charge is 0.465 e. The number of hydrogen-bond acceptors (Lipinski definition) is 4.